The van der Waals surface area contributed by atoms with Crippen LogP contribution in [0.1, 0.15) is 17.3 Å². The average molecular weight is 396 g/mol. The second kappa shape index (κ2) is 8.44. The topological polar surface area (TPSA) is 64.6 Å². The van der Waals surface area contributed by atoms with E-state index in [0.29, 0.717) is 16.8 Å². The minimum atomic E-state index is -0.689. The lowest BCUT2D eigenvalue weighted by atomic mass is 10.2. The molecular weight excluding hydrogens is 381 g/mol. The monoisotopic (exact) mass is 395 g/mol. The average Bonchev–Trinajstić information content (AvgIpc) is 2.56. The van der Waals surface area contributed by atoms with Crippen molar-refractivity contribution in [2.75, 3.05) is 18.5 Å². The summed E-state index contributed by atoms with van der Waals surface area (Å²) in [6, 6.07) is 10.8. The predicted octanol–water partition coefficient (Wildman–Crippen LogP) is 3.78. The molecule has 2 aromatic carbocycles. The third-order valence-corrected chi connectivity index (χ3v) is 3.44. The Bertz CT molecular complexity index is 751. The summed E-state index contributed by atoms with van der Waals surface area (Å²) >= 11 is 3.12. The lowest BCUT2D eigenvalue weighted by molar-refractivity contribution is -0.119. The highest BCUT2D eigenvalue weighted by Gasteiger charge is 2.15. The Labute approximate surface area is 146 Å². The van der Waals surface area contributed by atoms with Gasteiger partial charge in [0.1, 0.15) is 17.1 Å². The number of ether oxygens (including phenoxy) is 2. The summed E-state index contributed by atoms with van der Waals surface area (Å²) in [6.45, 7) is 1.66. The van der Waals surface area contributed by atoms with E-state index in [2.05, 4.69) is 21.2 Å². The van der Waals surface area contributed by atoms with Crippen LogP contribution in [0.4, 0.5) is 10.1 Å². The van der Waals surface area contributed by atoms with Gasteiger partial charge in [-0.3, -0.25) is 4.79 Å². The van der Waals surface area contributed by atoms with Crippen molar-refractivity contribution in [1.82, 2.24) is 0 Å². The minimum Gasteiger partial charge on any atom is -0.493 e. The zero-order chi connectivity index (χ0) is 17.5. The first-order valence-corrected chi connectivity index (χ1v) is 7.94. The Morgan fingerprint density at radius 3 is 2.67 bits per heavy atom. The van der Waals surface area contributed by atoms with Crippen LogP contribution in [0, 0.1) is 5.82 Å². The van der Waals surface area contributed by atoms with Crippen molar-refractivity contribution >= 4 is 33.5 Å². The van der Waals surface area contributed by atoms with Crippen LogP contribution < -0.4 is 10.1 Å². The second-order valence-electron chi connectivity index (χ2n) is 4.68. The van der Waals surface area contributed by atoms with Gasteiger partial charge in [-0.1, -0.05) is 28.1 Å². The van der Waals surface area contributed by atoms with E-state index in [0.717, 1.165) is 0 Å². The lowest BCUT2D eigenvalue weighted by Gasteiger charge is -2.10. The first-order valence-electron chi connectivity index (χ1n) is 7.15. The Hall–Kier alpha value is -2.41. The Morgan fingerprint density at radius 1 is 1.21 bits per heavy atom. The maximum atomic E-state index is 13.6. The SMILES string of the molecule is CCOc1ccccc1C(=O)OCC(=O)Nc1ccc(Br)cc1F. The van der Waals surface area contributed by atoms with Gasteiger partial charge < -0.3 is 14.8 Å². The summed E-state index contributed by atoms with van der Waals surface area (Å²) in [4.78, 5) is 23.8. The second-order valence-corrected chi connectivity index (χ2v) is 5.59. The third kappa shape index (κ3) is 4.79. The minimum absolute atomic E-state index is 0.00830. The smallest absolute Gasteiger partial charge is 0.342 e. The summed E-state index contributed by atoms with van der Waals surface area (Å²) in [6.07, 6.45) is 0. The van der Waals surface area contributed by atoms with E-state index in [1.54, 1.807) is 37.3 Å². The number of para-hydroxylation sites is 1. The standard InChI is InChI=1S/C17H15BrFNO4/c1-2-23-15-6-4-3-5-12(15)17(22)24-10-16(21)20-14-8-7-11(18)9-13(14)19/h3-9H,2,10H2,1H3,(H,20,21). The summed E-state index contributed by atoms with van der Waals surface area (Å²) in [7, 11) is 0. The zero-order valence-electron chi connectivity index (χ0n) is 12.8. The van der Waals surface area contributed by atoms with Crippen LogP contribution in [0.15, 0.2) is 46.9 Å². The molecule has 0 unspecified atom stereocenters. The number of benzene rings is 2. The highest BCUT2D eigenvalue weighted by molar-refractivity contribution is 9.10. The number of hydrogen-bond acceptors (Lipinski definition) is 4. The lowest BCUT2D eigenvalue weighted by Crippen LogP contribution is -2.21. The van der Waals surface area contributed by atoms with Gasteiger partial charge in [0.15, 0.2) is 6.61 Å². The van der Waals surface area contributed by atoms with E-state index >= 15 is 0 Å². The van der Waals surface area contributed by atoms with Crippen molar-refractivity contribution in [3.63, 3.8) is 0 Å². The number of carbonyl (C=O) groups is 2. The highest BCUT2D eigenvalue weighted by Crippen LogP contribution is 2.20. The number of esters is 1. The molecule has 0 saturated carbocycles. The normalized spacial score (nSPS) is 10.1. The van der Waals surface area contributed by atoms with Crippen molar-refractivity contribution in [2.45, 2.75) is 6.92 Å². The van der Waals surface area contributed by atoms with Crippen LogP contribution in [0.5, 0.6) is 5.75 Å². The first kappa shape index (κ1) is 17.9. The molecule has 5 nitrogen and oxygen atoms in total. The van der Waals surface area contributed by atoms with E-state index in [-0.39, 0.29) is 11.3 Å². The Morgan fingerprint density at radius 2 is 1.96 bits per heavy atom. The number of rotatable bonds is 6. The molecule has 2 aromatic rings. The summed E-state index contributed by atoms with van der Waals surface area (Å²) in [5, 5.41) is 2.34. The summed E-state index contributed by atoms with van der Waals surface area (Å²) < 4.78 is 24.5. The fourth-order valence-corrected chi connectivity index (χ4v) is 2.24. The molecule has 126 valence electrons. The molecule has 0 atom stereocenters. The number of carbonyl (C=O) groups excluding carboxylic acids is 2. The molecule has 0 fully saturated rings. The fourth-order valence-electron chi connectivity index (χ4n) is 1.90. The molecule has 0 aliphatic rings. The van der Waals surface area contributed by atoms with Crippen molar-refractivity contribution in [2.24, 2.45) is 0 Å². The van der Waals surface area contributed by atoms with E-state index in [9.17, 15) is 14.0 Å². The molecule has 0 spiro atoms. The Balaban J connectivity index is 1.95. The summed E-state index contributed by atoms with van der Waals surface area (Å²) in [5.41, 5.74) is 0.232. The molecular formula is C17H15BrFNO4. The molecule has 0 aliphatic carbocycles. The molecule has 0 bridgehead atoms. The number of nitrogens with one attached hydrogen (secondary N) is 1. The Kier molecular flexibility index (Phi) is 6.31. The van der Waals surface area contributed by atoms with Gasteiger partial charge in [0.05, 0.1) is 12.3 Å². The quantitative estimate of drug-likeness (QED) is 0.755. The molecule has 1 amide bonds. The number of amides is 1. The van der Waals surface area contributed by atoms with Gasteiger partial charge in [0, 0.05) is 4.47 Å². The van der Waals surface area contributed by atoms with E-state index in [1.165, 1.54) is 12.1 Å². The molecule has 0 radical (unpaired) electrons. The van der Waals surface area contributed by atoms with Crippen molar-refractivity contribution < 1.29 is 23.5 Å². The first-order chi connectivity index (χ1) is 11.5. The maximum absolute atomic E-state index is 13.6. The van der Waals surface area contributed by atoms with Gasteiger partial charge >= 0.3 is 5.97 Å². The molecule has 0 heterocycles. The van der Waals surface area contributed by atoms with Gasteiger partial charge in [-0.25, -0.2) is 9.18 Å². The highest BCUT2D eigenvalue weighted by atomic mass is 79.9. The van der Waals surface area contributed by atoms with Gasteiger partial charge in [-0.2, -0.15) is 0 Å². The number of anilines is 1. The molecule has 0 aliphatic heterocycles. The number of halogens is 2. The van der Waals surface area contributed by atoms with Gasteiger partial charge in [-0.05, 0) is 37.3 Å². The van der Waals surface area contributed by atoms with E-state index in [4.69, 9.17) is 9.47 Å². The molecule has 0 saturated heterocycles. The molecule has 1 N–H and O–H groups in total. The van der Waals surface area contributed by atoms with Gasteiger partial charge in [-0.15, -0.1) is 0 Å². The zero-order valence-corrected chi connectivity index (χ0v) is 14.4. The van der Waals surface area contributed by atoms with Gasteiger partial charge in [0.25, 0.3) is 5.91 Å². The van der Waals surface area contributed by atoms with Crippen LogP contribution in [0.25, 0.3) is 0 Å². The van der Waals surface area contributed by atoms with E-state index in [1.807, 2.05) is 0 Å². The van der Waals surface area contributed by atoms with Crippen molar-refractivity contribution in [3.05, 3.63) is 58.3 Å². The van der Waals surface area contributed by atoms with Crippen molar-refractivity contribution in [3.8, 4) is 5.75 Å². The molecule has 2 rings (SSSR count). The maximum Gasteiger partial charge on any atom is 0.342 e. The van der Waals surface area contributed by atoms with Crippen LogP contribution >= 0.6 is 15.9 Å². The molecule has 0 aromatic heterocycles. The fraction of sp³-hybridized carbons (Fsp3) is 0.176. The van der Waals surface area contributed by atoms with Crippen LogP contribution in [-0.4, -0.2) is 25.1 Å². The summed E-state index contributed by atoms with van der Waals surface area (Å²) in [5.74, 6) is -1.54. The van der Waals surface area contributed by atoms with Gasteiger partial charge in [0.2, 0.25) is 0 Å². The molecule has 7 heteroatoms. The van der Waals surface area contributed by atoms with E-state index < -0.39 is 24.3 Å². The van der Waals surface area contributed by atoms with Crippen LogP contribution in [-0.2, 0) is 9.53 Å². The predicted molar refractivity (Wildman–Crippen MR) is 90.6 cm³/mol. The largest absolute Gasteiger partial charge is 0.493 e. The molecule has 24 heavy (non-hydrogen) atoms. The third-order valence-electron chi connectivity index (χ3n) is 2.95. The van der Waals surface area contributed by atoms with Crippen molar-refractivity contribution in [1.29, 1.82) is 0 Å². The number of hydrogen-bond donors (Lipinski definition) is 1. The van der Waals surface area contributed by atoms with Crippen LogP contribution in [0.2, 0.25) is 0 Å². The van der Waals surface area contributed by atoms with Crippen LogP contribution in [0.3, 0.4) is 0 Å².